The third-order valence-electron chi connectivity index (χ3n) is 2.11. The van der Waals surface area contributed by atoms with Gasteiger partial charge in [0.05, 0.1) is 6.54 Å². The standard InChI is InChI=1S/C12H20N2O2S/c1-12(2,3)8-14-11(16)13-7-9(15)10-5-4-6-17-10/h4-6,9,15H,7-8H2,1-3H3,(H2,13,14,16). The van der Waals surface area contributed by atoms with Crippen molar-refractivity contribution < 1.29 is 9.90 Å². The molecule has 1 aromatic rings. The SMILES string of the molecule is CC(C)(C)CNC(=O)NCC(O)c1cccs1. The molecule has 0 aliphatic carbocycles. The zero-order valence-electron chi connectivity index (χ0n) is 10.5. The summed E-state index contributed by atoms with van der Waals surface area (Å²) in [6.45, 7) is 6.99. The second kappa shape index (κ2) is 6.02. The van der Waals surface area contributed by atoms with Crippen molar-refractivity contribution in [1.29, 1.82) is 0 Å². The maximum Gasteiger partial charge on any atom is 0.314 e. The van der Waals surface area contributed by atoms with E-state index in [0.717, 1.165) is 4.88 Å². The fourth-order valence-electron chi connectivity index (χ4n) is 1.18. The summed E-state index contributed by atoms with van der Waals surface area (Å²) >= 11 is 1.48. The van der Waals surface area contributed by atoms with Crippen LogP contribution >= 0.6 is 11.3 Å². The molecular weight excluding hydrogens is 236 g/mol. The van der Waals surface area contributed by atoms with Crippen molar-refractivity contribution in [3.8, 4) is 0 Å². The molecule has 0 spiro atoms. The van der Waals surface area contributed by atoms with Crippen LogP contribution in [0.25, 0.3) is 0 Å². The fraction of sp³-hybridized carbons (Fsp3) is 0.583. The van der Waals surface area contributed by atoms with Gasteiger partial charge in [0.25, 0.3) is 0 Å². The Bertz CT molecular complexity index is 344. The van der Waals surface area contributed by atoms with Crippen molar-refractivity contribution >= 4 is 17.4 Å². The topological polar surface area (TPSA) is 61.4 Å². The molecule has 96 valence electrons. The normalized spacial score (nSPS) is 13.2. The zero-order valence-corrected chi connectivity index (χ0v) is 11.3. The molecular formula is C12H20N2O2S. The number of aliphatic hydroxyl groups excluding tert-OH is 1. The molecule has 1 rings (SSSR count). The van der Waals surface area contributed by atoms with Gasteiger partial charge >= 0.3 is 6.03 Å². The van der Waals surface area contributed by atoms with Crippen LogP contribution in [0.15, 0.2) is 17.5 Å². The lowest BCUT2D eigenvalue weighted by Crippen LogP contribution is -2.41. The lowest BCUT2D eigenvalue weighted by molar-refractivity contribution is 0.175. The molecule has 0 saturated carbocycles. The van der Waals surface area contributed by atoms with Crippen LogP contribution in [0.4, 0.5) is 4.79 Å². The molecule has 5 heteroatoms. The zero-order chi connectivity index (χ0) is 12.9. The van der Waals surface area contributed by atoms with Gasteiger partial charge in [-0.1, -0.05) is 26.8 Å². The minimum Gasteiger partial charge on any atom is -0.386 e. The Balaban J connectivity index is 2.24. The average Bonchev–Trinajstić information content (AvgIpc) is 2.75. The van der Waals surface area contributed by atoms with E-state index in [1.54, 1.807) is 0 Å². The second-order valence-electron chi connectivity index (χ2n) is 5.16. The van der Waals surface area contributed by atoms with Crippen molar-refractivity contribution in [1.82, 2.24) is 10.6 Å². The molecule has 2 amide bonds. The highest BCUT2D eigenvalue weighted by Crippen LogP contribution is 2.17. The molecule has 0 aliphatic rings. The molecule has 0 radical (unpaired) electrons. The smallest absolute Gasteiger partial charge is 0.314 e. The molecule has 0 bridgehead atoms. The monoisotopic (exact) mass is 256 g/mol. The van der Waals surface area contributed by atoms with Crippen molar-refractivity contribution in [2.24, 2.45) is 5.41 Å². The Morgan fingerprint density at radius 3 is 2.71 bits per heavy atom. The molecule has 1 unspecified atom stereocenters. The highest BCUT2D eigenvalue weighted by Gasteiger charge is 2.13. The number of amides is 2. The van der Waals surface area contributed by atoms with Crippen molar-refractivity contribution in [2.45, 2.75) is 26.9 Å². The molecule has 0 aromatic carbocycles. The summed E-state index contributed by atoms with van der Waals surface area (Å²) in [6, 6.07) is 3.49. The minimum absolute atomic E-state index is 0.0592. The molecule has 0 saturated heterocycles. The molecule has 0 aliphatic heterocycles. The first kappa shape index (κ1) is 14.0. The van der Waals surface area contributed by atoms with Crippen LogP contribution < -0.4 is 10.6 Å². The first-order valence-electron chi connectivity index (χ1n) is 5.62. The quantitative estimate of drug-likeness (QED) is 0.773. The maximum absolute atomic E-state index is 11.4. The van der Waals surface area contributed by atoms with Crippen LogP contribution in [0.1, 0.15) is 31.8 Å². The van der Waals surface area contributed by atoms with Gasteiger partial charge in [0.15, 0.2) is 0 Å². The average molecular weight is 256 g/mol. The molecule has 17 heavy (non-hydrogen) atoms. The summed E-state index contributed by atoms with van der Waals surface area (Å²) < 4.78 is 0. The first-order valence-corrected chi connectivity index (χ1v) is 6.49. The van der Waals surface area contributed by atoms with Gasteiger partial charge in [0.2, 0.25) is 0 Å². The van der Waals surface area contributed by atoms with Crippen LogP contribution in [0.3, 0.4) is 0 Å². The third kappa shape index (κ3) is 5.70. The number of aliphatic hydroxyl groups is 1. The number of urea groups is 1. The van der Waals surface area contributed by atoms with E-state index < -0.39 is 6.10 Å². The summed E-state index contributed by atoms with van der Waals surface area (Å²) in [4.78, 5) is 12.3. The summed E-state index contributed by atoms with van der Waals surface area (Å²) in [5.41, 5.74) is 0.0592. The summed E-state index contributed by atoms with van der Waals surface area (Å²) in [5.74, 6) is 0. The first-order chi connectivity index (χ1) is 7.88. The number of rotatable bonds is 4. The summed E-state index contributed by atoms with van der Waals surface area (Å²) in [7, 11) is 0. The predicted octanol–water partition coefficient (Wildman–Crippen LogP) is 2.13. The number of carbonyl (C=O) groups is 1. The Labute approximate surface area is 106 Å². The number of hydrogen-bond donors (Lipinski definition) is 3. The van der Waals surface area contributed by atoms with Gasteiger partial charge in [-0.05, 0) is 16.9 Å². The van der Waals surface area contributed by atoms with Crippen molar-refractivity contribution in [2.75, 3.05) is 13.1 Å². The number of hydrogen-bond acceptors (Lipinski definition) is 3. The van der Waals surface area contributed by atoms with E-state index in [-0.39, 0.29) is 18.0 Å². The van der Waals surface area contributed by atoms with Crippen LogP contribution in [-0.2, 0) is 0 Å². The van der Waals surface area contributed by atoms with E-state index in [0.29, 0.717) is 6.54 Å². The van der Waals surface area contributed by atoms with Gasteiger partial charge in [-0.25, -0.2) is 4.79 Å². The predicted molar refractivity (Wildman–Crippen MR) is 70.1 cm³/mol. The Kier molecular flexibility index (Phi) is 4.96. The fourth-order valence-corrected chi connectivity index (χ4v) is 1.89. The molecule has 1 aromatic heterocycles. The maximum atomic E-state index is 11.4. The van der Waals surface area contributed by atoms with E-state index in [1.165, 1.54) is 11.3 Å². The van der Waals surface area contributed by atoms with E-state index in [1.807, 2.05) is 38.3 Å². The molecule has 3 N–H and O–H groups in total. The van der Waals surface area contributed by atoms with Gasteiger partial charge in [-0.15, -0.1) is 11.3 Å². The molecule has 1 atom stereocenters. The minimum atomic E-state index is -0.629. The van der Waals surface area contributed by atoms with Crippen LogP contribution in [0, 0.1) is 5.41 Å². The molecule has 1 heterocycles. The van der Waals surface area contributed by atoms with Crippen LogP contribution in [0.2, 0.25) is 0 Å². The lowest BCUT2D eigenvalue weighted by Gasteiger charge is -2.19. The van der Waals surface area contributed by atoms with Crippen molar-refractivity contribution in [3.05, 3.63) is 22.4 Å². The Hall–Kier alpha value is -1.07. The Morgan fingerprint density at radius 2 is 2.18 bits per heavy atom. The number of nitrogens with one attached hydrogen (secondary N) is 2. The summed E-state index contributed by atoms with van der Waals surface area (Å²) in [6.07, 6.45) is -0.629. The largest absolute Gasteiger partial charge is 0.386 e. The van der Waals surface area contributed by atoms with Gasteiger partial charge in [-0.2, -0.15) is 0 Å². The lowest BCUT2D eigenvalue weighted by atomic mass is 9.97. The van der Waals surface area contributed by atoms with Crippen molar-refractivity contribution in [3.63, 3.8) is 0 Å². The summed E-state index contributed by atoms with van der Waals surface area (Å²) in [5, 5.41) is 17.1. The van der Waals surface area contributed by atoms with E-state index in [2.05, 4.69) is 10.6 Å². The Morgan fingerprint density at radius 1 is 1.47 bits per heavy atom. The van der Waals surface area contributed by atoms with E-state index >= 15 is 0 Å². The number of thiophene rings is 1. The molecule has 0 fully saturated rings. The van der Waals surface area contributed by atoms with E-state index in [4.69, 9.17) is 0 Å². The second-order valence-corrected chi connectivity index (χ2v) is 6.13. The van der Waals surface area contributed by atoms with Crippen LogP contribution in [0.5, 0.6) is 0 Å². The van der Waals surface area contributed by atoms with E-state index in [9.17, 15) is 9.90 Å². The highest BCUT2D eigenvalue weighted by atomic mass is 32.1. The van der Waals surface area contributed by atoms with Gasteiger partial charge in [0.1, 0.15) is 6.10 Å². The molecule has 4 nitrogen and oxygen atoms in total. The van der Waals surface area contributed by atoms with Gasteiger partial charge in [-0.3, -0.25) is 0 Å². The third-order valence-corrected chi connectivity index (χ3v) is 3.08. The highest BCUT2D eigenvalue weighted by molar-refractivity contribution is 7.10. The van der Waals surface area contributed by atoms with Gasteiger partial charge < -0.3 is 15.7 Å². The van der Waals surface area contributed by atoms with Crippen LogP contribution in [-0.4, -0.2) is 24.2 Å². The number of carbonyl (C=O) groups excluding carboxylic acids is 1. The van der Waals surface area contributed by atoms with Gasteiger partial charge in [0, 0.05) is 11.4 Å².